The summed E-state index contributed by atoms with van der Waals surface area (Å²) < 4.78 is 2.87. The van der Waals surface area contributed by atoms with E-state index in [-0.39, 0.29) is 6.04 Å². The van der Waals surface area contributed by atoms with Crippen molar-refractivity contribution in [1.82, 2.24) is 9.78 Å². The highest BCUT2D eigenvalue weighted by Crippen LogP contribution is 2.34. The van der Waals surface area contributed by atoms with Crippen molar-refractivity contribution in [2.24, 2.45) is 12.8 Å². The molecule has 0 amide bonds. The Labute approximate surface area is 114 Å². The van der Waals surface area contributed by atoms with Crippen LogP contribution in [0.25, 0.3) is 0 Å². The summed E-state index contributed by atoms with van der Waals surface area (Å²) in [6, 6.07) is 6.28. The van der Waals surface area contributed by atoms with Crippen LogP contribution in [0.2, 0.25) is 0 Å². The number of aryl methyl sites for hydroxylation is 1. The number of hydrogen-bond acceptors (Lipinski definition) is 3. The summed E-state index contributed by atoms with van der Waals surface area (Å²) in [6.45, 7) is 1.98. The summed E-state index contributed by atoms with van der Waals surface area (Å²) in [4.78, 5) is 2.30. The average Bonchev–Trinajstić information content (AvgIpc) is 2.67. The molecule has 1 aromatic heterocycles. The predicted molar refractivity (Wildman–Crippen MR) is 74.1 cm³/mol. The van der Waals surface area contributed by atoms with Gasteiger partial charge in [0, 0.05) is 28.7 Å². The third-order valence-corrected chi connectivity index (χ3v) is 4.33. The zero-order valence-electron chi connectivity index (χ0n) is 9.72. The highest BCUT2D eigenvalue weighted by atomic mass is 79.9. The van der Waals surface area contributed by atoms with Gasteiger partial charge in [-0.25, -0.2) is 0 Å². The molecule has 0 aliphatic carbocycles. The van der Waals surface area contributed by atoms with Gasteiger partial charge in [-0.05, 0) is 40.5 Å². The van der Waals surface area contributed by atoms with Crippen molar-refractivity contribution in [2.45, 2.75) is 22.8 Å². The van der Waals surface area contributed by atoms with E-state index in [1.54, 1.807) is 16.4 Å². The van der Waals surface area contributed by atoms with Gasteiger partial charge in [0.15, 0.2) is 0 Å². The number of nitrogens with zero attached hydrogens (tertiary/aromatic N) is 2. The van der Waals surface area contributed by atoms with E-state index in [4.69, 9.17) is 5.73 Å². The first-order valence-corrected chi connectivity index (χ1v) is 6.89. The molecular weight excluding hydrogens is 298 g/mol. The van der Waals surface area contributed by atoms with Gasteiger partial charge in [-0.1, -0.05) is 17.8 Å². The number of benzene rings is 1. The van der Waals surface area contributed by atoms with Gasteiger partial charge in [0.25, 0.3) is 0 Å². The molecule has 0 aliphatic rings. The molecule has 1 heterocycles. The lowest BCUT2D eigenvalue weighted by molar-refractivity contribution is 0.766. The molecule has 0 fully saturated rings. The van der Waals surface area contributed by atoms with Gasteiger partial charge >= 0.3 is 0 Å². The smallest absolute Gasteiger partial charge is 0.0629 e. The summed E-state index contributed by atoms with van der Waals surface area (Å²) in [5.41, 5.74) is 6.98. The fraction of sp³-hybridized carbons (Fsp3) is 0.250. The number of nitrogens with two attached hydrogens (primary N) is 1. The fourth-order valence-electron chi connectivity index (χ4n) is 1.46. The molecule has 17 heavy (non-hydrogen) atoms. The molecule has 2 rings (SSSR count). The highest BCUT2D eigenvalue weighted by Gasteiger charge is 2.07. The second-order valence-electron chi connectivity index (χ2n) is 3.93. The predicted octanol–water partition coefficient (Wildman–Crippen LogP) is 3.35. The summed E-state index contributed by atoms with van der Waals surface area (Å²) >= 11 is 5.26. The minimum absolute atomic E-state index is 0.0590. The van der Waals surface area contributed by atoms with Gasteiger partial charge < -0.3 is 5.73 Å². The highest BCUT2D eigenvalue weighted by molar-refractivity contribution is 9.10. The molecule has 1 aromatic carbocycles. The zero-order valence-corrected chi connectivity index (χ0v) is 12.1. The third kappa shape index (κ3) is 3.12. The standard InChI is InChI=1S/C12H14BrN3S/c1-8(14)9-3-4-12(11(13)5-9)17-10-6-15-16(2)7-10/h3-8H,14H2,1-2H3/t8-/m1/s1. The van der Waals surface area contributed by atoms with E-state index >= 15 is 0 Å². The van der Waals surface area contributed by atoms with Crippen LogP contribution in [0.15, 0.2) is 44.9 Å². The zero-order chi connectivity index (χ0) is 12.4. The van der Waals surface area contributed by atoms with Crippen molar-refractivity contribution in [3.8, 4) is 0 Å². The lowest BCUT2D eigenvalue weighted by Gasteiger charge is -2.08. The van der Waals surface area contributed by atoms with Crippen LogP contribution in [0.4, 0.5) is 0 Å². The number of aromatic nitrogens is 2. The lowest BCUT2D eigenvalue weighted by Crippen LogP contribution is -2.04. The maximum atomic E-state index is 5.85. The summed E-state index contributed by atoms with van der Waals surface area (Å²) in [7, 11) is 1.91. The molecule has 90 valence electrons. The number of hydrogen-bond donors (Lipinski definition) is 1. The molecule has 0 saturated carbocycles. The molecule has 0 radical (unpaired) electrons. The van der Waals surface area contributed by atoms with Crippen molar-refractivity contribution in [3.63, 3.8) is 0 Å². The average molecular weight is 312 g/mol. The Morgan fingerprint density at radius 3 is 2.76 bits per heavy atom. The van der Waals surface area contributed by atoms with Crippen LogP contribution in [0, 0.1) is 0 Å². The quantitative estimate of drug-likeness (QED) is 0.945. The van der Waals surface area contributed by atoms with E-state index in [9.17, 15) is 0 Å². The third-order valence-electron chi connectivity index (χ3n) is 2.39. The van der Waals surface area contributed by atoms with Gasteiger partial charge in [-0.2, -0.15) is 5.10 Å². The topological polar surface area (TPSA) is 43.8 Å². The minimum atomic E-state index is 0.0590. The Morgan fingerprint density at radius 1 is 1.47 bits per heavy atom. The van der Waals surface area contributed by atoms with Crippen LogP contribution in [-0.4, -0.2) is 9.78 Å². The van der Waals surface area contributed by atoms with Gasteiger partial charge in [0.05, 0.1) is 11.1 Å². The molecule has 0 unspecified atom stereocenters. The molecule has 5 heteroatoms. The number of halogens is 1. The van der Waals surface area contributed by atoms with Crippen LogP contribution in [0.3, 0.4) is 0 Å². The number of rotatable bonds is 3. The molecule has 2 aromatic rings. The van der Waals surface area contributed by atoms with Gasteiger partial charge in [0.2, 0.25) is 0 Å². The van der Waals surface area contributed by atoms with E-state index in [1.807, 2.05) is 26.4 Å². The Kier molecular flexibility index (Phi) is 3.91. The largest absolute Gasteiger partial charge is 0.324 e. The Morgan fingerprint density at radius 2 is 2.24 bits per heavy atom. The van der Waals surface area contributed by atoms with Crippen LogP contribution < -0.4 is 5.73 Å². The normalized spacial score (nSPS) is 12.7. The summed E-state index contributed by atoms with van der Waals surface area (Å²) in [6.07, 6.45) is 3.85. The maximum Gasteiger partial charge on any atom is 0.0629 e. The first kappa shape index (κ1) is 12.7. The molecule has 3 nitrogen and oxygen atoms in total. The van der Waals surface area contributed by atoms with Crippen molar-refractivity contribution in [3.05, 3.63) is 40.6 Å². The van der Waals surface area contributed by atoms with E-state index < -0.39 is 0 Å². The Balaban J connectivity index is 2.22. The van der Waals surface area contributed by atoms with Crippen molar-refractivity contribution >= 4 is 27.7 Å². The second-order valence-corrected chi connectivity index (χ2v) is 5.90. The molecule has 0 bridgehead atoms. The monoisotopic (exact) mass is 311 g/mol. The minimum Gasteiger partial charge on any atom is -0.324 e. The van der Waals surface area contributed by atoms with Crippen molar-refractivity contribution < 1.29 is 0 Å². The summed E-state index contributed by atoms with van der Waals surface area (Å²) in [5, 5.41) is 4.15. The second kappa shape index (κ2) is 5.25. The molecule has 0 saturated heterocycles. The summed E-state index contributed by atoms with van der Waals surface area (Å²) in [5.74, 6) is 0. The van der Waals surface area contributed by atoms with E-state index in [1.165, 1.54) is 4.90 Å². The van der Waals surface area contributed by atoms with Crippen molar-refractivity contribution in [2.75, 3.05) is 0 Å². The first-order chi connectivity index (χ1) is 8.06. The van der Waals surface area contributed by atoms with E-state index in [2.05, 4.69) is 39.2 Å². The molecule has 0 spiro atoms. The maximum absolute atomic E-state index is 5.85. The fourth-order valence-corrected chi connectivity index (χ4v) is 2.95. The van der Waals surface area contributed by atoms with Gasteiger partial charge in [-0.15, -0.1) is 0 Å². The van der Waals surface area contributed by atoms with Crippen LogP contribution in [0.5, 0.6) is 0 Å². The Hall–Kier alpha value is -0.780. The first-order valence-electron chi connectivity index (χ1n) is 5.28. The van der Waals surface area contributed by atoms with Gasteiger partial charge in [-0.3, -0.25) is 4.68 Å². The van der Waals surface area contributed by atoms with Gasteiger partial charge in [0.1, 0.15) is 0 Å². The van der Waals surface area contributed by atoms with E-state index in [0.29, 0.717) is 0 Å². The van der Waals surface area contributed by atoms with Crippen molar-refractivity contribution in [1.29, 1.82) is 0 Å². The molecule has 1 atom stereocenters. The van der Waals surface area contributed by atoms with Crippen LogP contribution in [-0.2, 0) is 7.05 Å². The van der Waals surface area contributed by atoms with Crippen LogP contribution in [0.1, 0.15) is 18.5 Å². The van der Waals surface area contributed by atoms with Crippen LogP contribution >= 0.6 is 27.7 Å². The van der Waals surface area contributed by atoms with E-state index in [0.717, 1.165) is 14.9 Å². The Bertz CT molecular complexity index is 522. The molecule has 0 aliphatic heterocycles. The molecule has 2 N–H and O–H groups in total. The SMILES string of the molecule is C[C@@H](N)c1ccc(Sc2cnn(C)c2)c(Br)c1. The lowest BCUT2D eigenvalue weighted by atomic mass is 10.1. The molecular formula is C12H14BrN3S.